The molecule has 4 nitrogen and oxygen atoms in total. The lowest BCUT2D eigenvalue weighted by Gasteiger charge is -2.10. The molecule has 22 heavy (non-hydrogen) atoms. The third-order valence-electron chi connectivity index (χ3n) is 3.78. The molecule has 4 aromatic heterocycles. The summed E-state index contributed by atoms with van der Waals surface area (Å²) in [4.78, 5) is 18.1. The molecule has 0 atom stereocenters. The molecule has 0 bridgehead atoms. The van der Waals surface area contributed by atoms with E-state index in [2.05, 4.69) is 35.9 Å². The molecule has 0 fully saturated rings. The summed E-state index contributed by atoms with van der Waals surface area (Å²) in [6.07, 6.45) is 3.52. The Labute approximate surface area is 127 Å². The molecule has 4 heterocycles. The van der Waals surface area contributed by atoms with Gasteiger partial charge in [-0.25, -0.2) is 19.9 Å². The van der Waals surface area contributed by atoms with Crippen LogP contribution in [0.5, 0.6) is 0 Å². The van der Waals surface area contributed by atoms with Crippen molar-refractivity contribution in [1.29, 1.82) is 0 Å². The first-order chi connectivity index (χ1) is 10.7. The molecule has 0 aromatic carbocycles. The first kappa shape index (κ1) is 12.8. The van der Waals surface area contributed by atoms with Crippen LogP contribution in [0.1, 0.15) is 11.1 Å². The molecule has 106 valence electrons. The number of aromatic nitrogens is 4. The Morgan fingerprint density at radius 1 is 0.682 bits per heavy atom. The van der Waals surface area contributed by atoms with E-state index >= 15 is 0 Å². The molecule has 0 N–H and O–H groups in total. The van der Waals surface area contributed by atoms with Crippen molar-refractivity contribution in [2.24, 2.45) is 0 Å². The maximum absolute atomic E-state index is 4.71. The van der Waals surface area contributed by atoms with Crippen LogP contribution in [0.3, 0.4) is 0 Å². The van der Waals surface area contributed by atoms with Gasteiger partial charge < -0.3 is 0 Å². The molecule has 0 amide bonds. The second kappa shape index (κ2) is 4.84. The summed E-state index contributed by atoms with van der Waals surface area (Å²) >= 11 is 0. The fourth-order valence-electron chi connectivity index (χ4n) is 2.70. The SMILES string of the molecule is Cc1cc2cccnc2nc1-c1nc2ncccc2cc1C. The van der Waals surface area contributed by atoms with Crippen molar-refractivity contribution in [2.45, 2.75) is 13.8 Å². The van der Waals surface area contributed by atoms with Crippen molar-refractivity contribution in [3.8, 4) is 11.4 Å². The lowest BCUT2D eigenvalue weighted by molar-refractivity contribution is 1.19. The Morgan fingerprint density at radius 3 is 1.59 bits per heavy atom. The molecule has 0 aliphatic heterocycles. The Morgan fingerprint density at radius 2 is 1.14 bits per heavy atom. The highest BCUT2D eigenvalue weighted by Gasteiger charge is 2.12. The molecule has 0 aliphatic carbocycles. The maximum atomic E-state index is 4.71. The van der Waals surface area contributed by atoms with Crippen molar-refractivity contribution in [2.75, 3.05) is 0 Å². The van der Waals surface area contributed by atoms with Gasteiger partial charge in [-0.3, -0.25) is 0 Å². The van der Waals surface area contributed by atoms with E-state index < -0.39 is 0 Å². The largest absolute Gasteiger partial charge is 0.237 e. The second-order valence-corrected chi connectivity index (χ2v) is 5.41. The van der Waals surface area contributed by atoms with Crippen LogP contribution in [-0.2, 0) is 0 Å². The van der Waals surface area contributed by atoms with E-state index in [9.17, 15) is 0 Å². The molecular weight excluding hydrogens is 272 g/mol. The van der Waals surface area contributed by atoms with Gasteiger partial charge in [0.2, 0.25) is 0 Å². The Hall–Kier alpha value is -2.88. The number of hydrogen-bond donors (Lipinski definition) is 0. The number of fused-ring (bicyclic) bond motifs is 2. The van der Waals surface area contributed by atoms with E-state index in [1.54, 1.807) is 12.4 Å². The van der Waals surface area contributed by atoms with Gasteiger partial charge in [-0.2, -0.15) is 0 Å². The van der Waals surface area contributed by atoms with Crippen molar-refractivity contribution in [1.82, 2.24) is 19.9 Å². The van der Waals surface area contributed by atoms with Crippen LogP contribution < -0.4 is 0 Å². The molecule has 0 spiro atoms. The summed E-state index contributed by atoms with van der Waals surface area (Å²) in [6, 6.07) is 12.1. The van der Waals surface area contributed by atoms with Crippen molar-refractivity contribution in [3.05, 3.63) is 59.9 Å². The van der Waals surface area contributed by atoms with Gasteiger partial charge in [0.1, 0.15) is 0 Å². The van der Waals surface area contributed by atoms with Crippen LogP contribution in [0.15, 0.2) is 48.8 Å². The minimum Gasteiger partial charge on any atom is -0.237 e. The molecule has 0 saturated heterocycles. The fourth-order valence-corrected chi connectivity index (χ4v) is 2.70. The van der Waals surface area contributed by atoms with E-state index in [1.165, 1.54) is 0 Å². The number of nitrogens with zero attached hydrogens (tertiary/aromatic N) is 4. The van der Waals surface area contributed by atoms with Crippen LogP contribution in [-0.4, -0.2) is 19.9 Å². The van der Waals surface area contributed by atoms with Gasteiger partial charge in [0.05, 0.1) is 11.4 Å². The van der Waals surface area contributed by atoms with E-state index in [0.717, 1.165) is 44.6 Å². The van der Waals surface area contributed by atoms with Gasteiger partial charge >= 0.3 is 0 Å². The van der Waals surface area contributed by atoms with Crippen molar-refractivity contribution < 1.29 is 0 Å². The average Bonchev–Trinajstić information content (AvgIpc) is 2.54. The number of rotatable bonds is 1. The minimum atomic E-state index is 0.741. The van der Waals surface area contributed by atoms with Crippen LogP contribution in [0.25, 0.3) is 33.5 Å². The Bertz CT molecular complexity index is 925. The minimum absolute atomic E-state index is 0.741. The average molecular weight is 286 g/mol. The number of pyridine rings is 4. The Balaban J connectivity index is 2.02. The molecule has 4 heteroatoms. The lowest BCUT2D eigenvalue weighted by atomic mass is 10.1. The Kier molecular flexibility index (Phi) is 2.82. The summed E-state index contributed by atoms with van der Waals surface area (Å²) in [5, 5.41) is 2.08. The summed E-state index contributed by atoms with van der Waals surface area (Å²) in [5.74, 6) is 0. The highest BCUT2D eigenvalue weighted by Crippen LogP contribution is 2.27. The van der Waals surface area contributed by atoms with Gasteiger partial charge in [0, 0.05) is 23.2 Å². The molecule has 0 saturated carbocycles. The first-order valence-electron chi connectivity index (χ1n) is 7.17. The predicted octanol–water partition coefficient (Wildman–Crippen LogP) is 3.86. The van der Waals surface area contributed by atoms with Crippen LogP contribution in [0, 0.1) is 13.8 Å². The van der Waals surface area contributed by atoms with Gasteiger partial charge in [-0.05, 0) is 61.4 Å². The van der Waals surface area contributed by atoms with Gasteiger partial charge in [-0.1, -0.05) is 0 Å². The monoisotopic (exact) mass is 286 g/mol. The van der Waals surface area contributed by atoms with Crippen LogP contribution in [0.2, 0.25) is 0 Å². The third kappa shape index (κ3) is 2.00. The van der Waals surface area contributed by atoms with Crippen LogP contribution in [0.4, 0.5) is 0 Å². The smallest absolute Gasteiger partial charge is 0.159 e. The quantitative estimate of drug-likeness (QED) is 0.533. The molecule has 4 aromatic rings. The molecule has 4 rings (SSSR count). The van der Waals surface area contributed by atoms with Crippen molar-refractivity contribution >= 4 is 22.1 Å². The second-order valence-electron chi connectivity index (χ2n) is 5.41. The van der Waals surface area contributed by atoms with E-state index in [0.29, 0.717) is 0 Å². The van der Waals surface area contributed by atoms with Gasteiger partial charge in [0.25, 0.3) is 0 Å². The zero-order chi connectivity index (χ0) is 15.1. The third-order valence-corrected chi connectivity index (χ3v) is 3.78. The molecule has 0 radical (unpaired) electrons. The molecule has 0 aliphatic rings. The topological polar surface area (TPSA) is 51.6 Å². The molecular formula is C18H14N4. The zero-order valence-electron chi connectivity index (χ0n) is 12.4. The van der Waals surface area contributed by atoms with E-state index in [-0.39, 0.29) is 0 Å². The summed E-state index contributed by atoms with van der Waals surface area (Å²) in [6.45, 7) is 4.11. The lowest BCUT2D eigenvalue weighted by Crippen LogP contribution is -1.97. The fraction of sp³-hybridized carbons (Fsp3) is 0.111. The highest BCUT2D eigenvalue weighted by atomic mass is 14.9. The standard InChI is InChI=1S/C18H14N4/c1-11-9-13-5-3-7-19-17(13)21-15(11)16-12(2)10-14-6-4-8-20-18(14)22-16/h3-10H,1-2H3. The van der Waals surface area contributed by atoms with Crippen LogP contribution >= 0.6 is 0 Å². The summed E-state index contributed by atoms with van der Waals surface area (Å²) < 4.78 is 0. The highest BCUT2D eigenvalue weighted by molar-refractivity contribution is 5.83. The van der Waals surface area contributed by atoms with Crippen molar-refractivity contribution in [3.63, 3.8) is 0 Å². The van der Waals surface area contributed by atoms with E-state index in [4.69, 9.17) is 9.97 Å². The number of hydrogen-bond acceptors (Lipinski definition) is 4. The zero-order valence-corrected chi connectivity index (χ0v) is 12.4. The van der Waals surface area contributed by atoms with E-state index in [1.807, 2.05) is 24.3 Å². The summed E-state index contributed by atoms with van der Waals surface area (Å²) in [7, 11) is 0. The normalized spacial score (nSPS) is 11.2. The van der Waals surface area contributed by atoms with Gasteiger partial charge in [0.15, 0.2) is 11.3 Å². The van der Waals surface area contributed by atoms with Gasteiger partial charge in [-0.15, -0.1) is 0 Å². The maximum Gasteiger partial charge on any atom is 0.159 e. The summed E-state index contributed by atoms with van der Waals surface area (Å²) in [5.41, 5.74) is 5.40. The predicted molar refractivity (Wildman–Crippen MR) is 87.5 cm³/mol. The molecule has 0 unspecified atom stereocenters. The first-order valence-corrected chi connectivity index (χ1v) is 7.17. The number of aryl methyl sites for hydroxylation is 2.